The summed E-state index contributed by atoms with van der Waals surface area (Å²) in [6, 6.07) is 2.26. The first-order chi connectivity index (χ1) is 6.09. The largest absolute Gasteiger partial charge is 0.370 e. The summed E-state index contributed by atoms with van der Waals surface area (Å²) in [4.78, 5) is 5.10. The Morgan fingerprint density at radius 2 is 2.00 bits per heavy atom. The van der Waals surface area contributed by atoms with Gasteiger partial charge in [-0.15, -0.1) is 0 Å². The molecule has 0 spiro atoms. The lowest BCUT2D eigenvalue weighted by Crippen LogP contribution is -2.47. The van der Waals surface area contributed by atoms with Gasteiger partial charge in [0.1, 0.15) is 0 Å². The van der Waals surface area contributed by atoms with E-state index in [9.17, 15) is 0 Å². The van der Waals surface area contributed by atoms with Crippen LogP contribution < -0.4 is 0 Å². The Kier molecular flexibility index (Phi) is 2.11. The van der Waals surface area contributed by atoms with E-state index in [1.54, 1.807) is 0 Å². The van der Waals surface area contributed by atoms with E-state index in [1.807, 2.05) is 0 Å². The van der Waals surface area contributed by atoms with E-state index in [4.69, 9.17) is 0 Å². The van der Waals surface area contributed by atoms with Gasteiger partial charge in [0, 0.05) is 36.9 Å². The molecule has 2 nitrogen and oxygen atoms in total. The van der Waals surface area contributed by atoms with Gasteiger partial charge in [-0.2, -0.15) is 0 Å². The summed E-state index contributed by atoms with van der Waals surface area (Å²) >= 11 is 0. The van der Waals surface area contributed by atoms with Crippen LogP contribution in [0.15, 0.2) is 12.3 Å². The highest BCUT2D eigenvalue weighted by atomic mass is 15.4. The predicted octanol–water partition coefficient (Wildman–Crippen LogP) is 1.69. The van der Waals surface area contributed by atoms with Crippen LogP contribution in [0.3, 0.4) is 0 Å². The molecule has 2 heteroatoms. The third-order valence-electron chi connectivity index (χ3n) is 3.44. The zero-order valence-electron chi connectivity index (χ0n) is 8.95. The van der Waals surface area contributed by atoms with Crippen molar-refractivity contribution in [3.05, 3.63) is 12.3 Å². The van der Waals surface area contributed by atoms with Crippen molar-refractivity contribution in [2.45, 2.75) is 45.3 Å². The third-order valence-corrected chi connectivity index (χ3v) is 3.44. The van der Waals surface area contributed by atoms with Crippen LogP contribution in [0, 0.1) is 0 Å². The van der Waals surface area contributed by atoms with Crippen molar-refractivity contribution in [2.24, 2.45) is 0 Å². The number of hydrogen-bond acceptors (Lipinski definition) is 2. The van der Waals surface area contributed by atoms with Crippen molar-refractivity contribution in [2.75, 3.05) is 13.1 Å². The lowest BCUT2D eigenvalue weighted by atomic mass is 10.2. The molecule has 2 bridgehead atoms. The number of likely N-dealkylation sites (tertiary alicyclic amines) is 2. The monoisotopic (exact) mass is 180 g/mol. The molecule has 0 aliphatic carbocycles. The number of piperazine rings is 1. The van der Waals surface area contributed by atoms with Gasteiger partial charge < -0.3 is 4.90 Å². The molecule has 0 saturated carbocycles. The molecule has 2 rings (SSSR count). The molecule has 0 N–H and O–H groups in total. The zero-order valence-corrected chi connectivity index (χ0v) is 8.95. The molecule has 2 atom stereocenters. The minimum atomic E-state index is 0.710. The van der Waals surface area contributed by atoms with E-state index in [2.05, 4.69) is 37.1 Å². The minimum Gasteiger partial charge on any atom is -0.370 e. The highest BCUT2D eigenvalue weighted by Crippen LogP contribution is 2.33. The second-order valence-electron chi connectivity index (χ2n) is 4.72. The van der Waals surface area contributed by atoms with Gasteiger partial charge in [-0.1, -0.05) is 6.58 Å². The Balaban J connectivity index is 2.03. The second-order valence-corrected chi connectivity index (χ2v) is 4.72. The average molecular weight is 180 g/mol. The molecular formula is C11H20N2. The Morgan fingerprint density at radius 3 is 2.38 bits per heavy atom. The fraction of sp³-hybridized carbons (Fsp3) is 0.818. The normalized spacial score (nSPS) is 33.4. The summed E-state index contributed by atoms with van der Waals surface area (Å²) in [5.74, 6) is 0. The van der Waals surface area contributed by atoms with Crippen molar-refractivity contribution < 1.29 is 0 Å². The predicted molar refractivity (Wildman–Crippen MR) is 55.6 cm³/mol. The van der Waals surface area contributed by atoms with E-state index >= 15 is 0 Å². The van der Waals surface area contributed by atoms with Gasteiger partial charge in [-0.25, -0.2) is 0 Å². The van der Waals surface area contributed by atoms with E-state index in [-0.39, 0.29) is 0 Å². The molecule has 2 unspecified atom stereocenters. The Labute approximate surface area is 81.2 Å². The van der Waals surface area contributed by atoms with Crippen LogP contribution in [0.4, 0.5) is 0 Å². The van der Waals surface area contributed by atoms with E-state index < -0.39 is 0 Å². The quantitative estimate of drug-likeness (QED) is 0.638. The van der Waals surface area contributed by atoms with Gasteiger partial charge in [0.05, 0.1) is 0 Å². The summed E-state index contributed by atoms with van der Waals surface area (Å²) in [5.41, 5.74) is 1.25. The molecule has 0 aromatic rings. The molecule has 0 aromatic heterocycles. The molecule has 2 aliphatic rings. The van der Waals surface area contributed by atoms with Crippen LogP contribution in [0.1, 0.15) is 27.2 Å². The summed E-state index contributed by atoms with van der Waals surface area (Å²) in [6.45, 7) is 13.2. The maximum absolute atomic E-state index is 4.03. The topological polar surface area (TPSA) is 6.48 Å². The van der Waals surface area contributed by atoms with E-state index in [1.165, 1.54) is 25.2 Å². The fourth-order valence-electron chi connectivity index (χ4n) is 2.80. The van der Waals surface area contributed by atoms with Gasteiger partial charge in [-0.3, -0.25) is 4.90 Å². The standard InChI is InChI=1S/C11H20N2/c1-8(2)12-6-11-5-10(12)7-13(11)9(3)4/h9-11H,1,5-7H2,2-4H3. The van der Waals surface area contributed by atoms with Gasteiger partial charge >= 0.3 is 0 Å². The maximum Gasteiger partial charge on any atom is 0.0430 e. The van der Waals surface area contributed by atoms with Crippen LogP contribution in [0.25, 0.3) is 0 Å². The first kappa shape index (κ1) is 9.07. The molecule has 0 amide bonds. The molecule has 2 fully saturated rings. The molecule has 13 heavy (non-hydrogen) atoms. The number of nitrogens with zero attached hydrogens (tertiary/aromatic N) is 2. The van der Waals surface area contributed by atoms with Crippen molar-refractivity contribution >= 4 is 0 Å². The van der Waals surface area contributed by atoms with Crippen LogP contribution >= 0.6 is 0 Å². The Morgan fingerprint density at radius 1 is 1.31 bits per heavy atom. The van der Waals surface area contributed by atoms with Crippen molar-refractivity contribution in [3.63, 3.8) is 0 Å². The van der Waals surface area contributed by atoms with Crippen molar-refractivity contribution in [1.29, 1.82) is 0 Å². The molecule has 0 aromatic carbocycles. The lowest BCUT2D eigenvalue weighted by Gasteiger charge is -2.37. The van der Waals surface area contributed by atoms with Crippen LogP contribution in [0.5, 0.6) is 0 Å². The molecular weight excluding hydrogens is 160 g/mol. The smallest absolute Gasteiger partial charge is 0.0430 e. The summed E-state index contributed by atoms with van der Waals surface area (Å²) in [5, 5.41) is 0. The third kappa shape index (κ3) is 1.37. The number of fused-ring (bicyclic) bond motifs is 2. The van der Waals surface area contributed by atoms with Gasteiger partial charge in [-0.05, 0) is 27.2 Å². The van der Waals surface area contributed by atoms with Gasteiger partial charge in [0.25, 0.3) is 0 Å². The van der Waals surface area contributed by atoms with Crippen LogP contribution in [-0.4, -0.2) is 41.0 Å². The lowest BCUT2D eigenvalue weighted by molar-refractivity contribution is 0.125. The van der Waals surface area contributed by atoms with Gasteiger partial charge in [0.15, 0.2) is 0 Å². The molecule has 2 saturated heterocycles. The fourth-order valence-corrected chi connectivity index (χ4v) is 2.80. The number of rotatable bonds is 2. The van der Waals surface area contributed by atoms with E-state index in [0.29, 0.717) is 6.04 Å². The number of hydrogen-bond donors (Lipinski definition) is 0. The van der Waals surface area contributed by atoms with E-state index in [0.717, 1.165) is 12.1 Å². The summed E-state index contributed by atoms with van der Waals surface area (Å²) in [6.07, 6.45) is 1.35. The van der Waals surface area contributed by atoms with Crippen molar-refractivity contribution in [1.82, 2.24) is 9.80 Å². The molecule has 74 valence electrons. The first-order valence-electron chi connectivity index (χ1n) is 5.27. The van der Waals surface area contributed by atoms with Crippen LogP contribution in [-0.2, 0) is 0 Å². The number of allylic oxidation sites excluding steroid dienone is 1. The SMILES string of the molecule is C=C(C)N1CC2CC1CN2C(C)C. The molecule has 2 aliphatic heterocycles. The Bertz CT molecular complexity index is 222. The highest BCUT2D eigenvalue weighted by Gasteiger charge is 2.43. The van der Waals surface area contributed by atoms with Crippen LogP contribution in [0.2, 0.25) is 0 Å². The first-order valence-corrected chi connectivity index (χ1v) is 5.27. The zero-order chi connectivity index (χ0) is 9.59. The highest BCUT2D eigenvalue weighted by molar-refractivity contribution is 5.07. The minimum absolute atomic E-state index is 0.710. The van der Waals surface area contributed by atoms with Crippen molar-refractivity contribution in [3.8, 4) is 0 Å². The molecule has 0 radical (unpaired) electrons. The molecule has 2 heterocycles. The maximum atomic E-state index is 4.03. The summed E-state index contributed by atoms with van der Waals surface area (Å²) < 4.78 is 0. The second kappa shape index (κ2) is 3.02. The summed E-state index contributed by atoms with van der Waals surface area (Å²) in [7, 11) is 0. The van der Waals surface area contributed by atoms with Gasteiger partial charge in [0.2, 0.25) is 0 Å². The average Bonchev–Trinajstić information content (AvgIpc) is 2.60. The Hall–Kier alpha value is -0.500.